The molecule has 1 atom stereocenters. The molecule has 26 heavy (non-hydrogen) atoms. The molecule has 3 fully saturated rings. The molecule has 0 spiro atoms. The van der Waals surface area contributed by atoms with E-state index in [-0.39, 0.29) is 11.7 Å². The lowest BCUT2D eigenvalue weighted by Crippen LogP contribution is -2.51. The van der Waals surface area contributed by atoms with Crippen molar-refractivity contribution in [2.24, 2.45) is 11.8 Å². The van der Waals surface area contributed by atoms with Crippen molar-refractivity contribution in [3.63, 3.8) is 0 Å². The van der Waals surface area contributed by atoms with E-state index >= 15 is 0 Å². The Morgan fingerprint density at radius 3 is 2.27 bits per heavy atom. The van der Waals surface area contributed by atoms with Crippen LogP contribution in [0, 0.1) is 11.8 Å². The Balaban J connectivity index is 1.29. The minimum Gasteiger partial charge on any atom is -0.371 e. The van der Waals surface area contributed by atoms with E-state index in [1.54, 1.807) is 6.92 Å². The second-order valence-electron chi connectivity index (χ2n) is 8.10. The third-order valence-electron chi connectivity index (χ3n) is 6.07. The summed E-state index contributed by atoms with van der Waals surface area (Å²) in [5.41, 5.74) is 1.85. The Kier molecular flexibility index (Phi) is 4.98. The highest BCUT2D eigenvalue weighted by Crippen LogP contribution is 2.30. The number of amides is 1. The van der Waals surface area contributed by atoms with Crippen LogP contribution in [0.15, 0.2) is 24.3 Å². The molecular formula is C21H29N3O2. The lowest BCUT2D eigenvalue weighted by Gasteiger charge is -2.36. The number of anilines is 1. The molecular weight excluding hydrogens is 326 g/mol. The largest absolute Gasteiger partial charge is 0.371 e. The zero-order chi connectivity index (χ0) is 18.1. The fraction of sp³-hybridized carbons (Fsp3) is 0.619. The van der Waals surface area contributed by atoms with Gasteiger partial charge in [0.25, 0.3) is 0 Å². The van der Waals surface area contributed by atoms with Crippen molar-refractivity contribution in [3.05, 3.63) is 29.8 Å². The third-order valence-corrected chi connectivity index (χ3v) is 6.07. The average Bonchev–Trinajstić information content (AvgIpc) is 3.34. The first-order valence-corrected chi connectivity index (χ1v) is 9.97. The van der Waals surface area contributed by atoms with Crippen LogP contribution in [0.5, 0.6) is 0 Å². The summed E-state index contributed by atoms with van der Waals surface area (Å²) in [6, 6.07) is 7.76. The highest BCUT2D eigenvalue weighted by atomic mass is 16.2. The van der Waals surface area contributed by atoms with Crippen LogP contribution < -0.4 is 4.90 Å². The maximum Gasteiger partial charge on any atom is 0.227 e. The van der Waals surface area contributed by atoms with E-state index in [0.717, 1.165) is 62.9 Å². The molecule has 0 aromatic heterocycles. The topological polar surface area (TPSA) is 43.9 Å². The Bertz CT molecular complexity index is 660. The zero-order valence-electron chi connectivity index (χ0n) is 15.7. The summed E-state index contributed by atoms with van der Waals surface area (Å²) in [7, 11) is 0. The zero-order valence-corrected chi connectivity index (χ0v) is 15.7. The lowest BCUT2D eigenvalue weighted by molar-refractivity contribution is -0.136. The van der Waals surface area contributed by atoms with Gasteiger partial charge in [-0.05, 0) is 56.4 Å². The minimum absolute atomic E-state index is 0.0897. The predicted molar refractivity (Wildman–Crippen MR) is 103 cm³/mol. The molecule has 1 saturated carbocycles. The number of rotatable bonds is 5. The van der Waals surface area contributed by atoms with Crippen molar-refractivity contribution in [2.75, 3.05) is 50.7 Å². The molecule has 5 nitrogen and oxygen atoms in total. The average molecular weight is 355 g/mol. The van der Waals surface area contributed by atoms with Gasteiger partial charge < -0.3 is 9.80 Å². The number of nitrogens with zero attached hydrogens (tertiary/aromatic N) is 3. The van der Waals surface area contributed by atoms with Gasteiger partial charge in [-0.15, -0.1) is 0 Å². The van der Waals surface area contributed by atoms with Gasteiger partial charge in [-0.2, -0.15) is 0 Å². The number of carbonyl (C=O) groups excluding carboxylic acids is 2. The Hall–Kier alpha value is -1.88. The number of hydrogen-bond donors (Lipinski definition) is 0. The molecule has 1 aliphatic carbocycles. The van der Waals surface area contributed by atoms with Gasteiger partial charge in [-0.3, -0.25) is 14.5 Å². The molecule has 1 amide bonds. The van der Waals surface area contributed by atoms with E-state index in [0.29, 0.717) is 5.91 Å². The van der Waals surface area contributed by atoms with Crippen molar-refractivity contribution >= 4 is 17.4 Å². The predicted octanol–water partition coefficient (Wildman–Crippen LogP) is 2.27. The van der Waals surface area contributed by atoms with E-state index in [2.05, 4.69) is 14.7 Å². The van der Waals surface area contributed by atoms with Gasteiger partial charge in [0.1, 0.15) is 0 Å². The van der Waals surface area contributed by atoms with E-state index in [9.17, 15) is 9.59 Å². The van der Waals surface area contributed by atoms with Crippen LogP contribution in [-0.2, 0) is 4.79 Å². The molecule has 0 N–H and O–H groups in total. The summed E-state index contributed by atoms with van der Waals surface area (Å²) in [5, 5.41) is 0. The first-order chi connectivity index (χ1) is 12.6. The number of ketones is 1. The van der Waals surface area contributed by atoms with Gasteiger partial charge in [-0.1, -0.05) is 0 Å². The van der Waals surface area contributed by atoms with Crippen molar-refractivity contribution in [1.82, 2.24) is 9.80 Å². The SMILES string of the molecule is CC(=O)c1ccc(N2CCC(C(=O)N3CCN(CC4CC4)CC3)C2)cc1. The molecule has 2 heterocycles. The first-order valence-electron chi connectivity index (χ1n) is 9.97. The van der Waals surface area contributed by atoms with Crippen LogP contribution >= 0.6 is 0 Å². The van der Waals surface area contributed by atoms with Crippen molar-refractivity contribution < 1.29 is 9.59 Å². The molecule has 1 aromatic carbocycles. The molecule has 1 unspecified atom stereocenters. The van der Waals surface area contributed by atoms with Gasteiger partial charge in [0.2, 0.25) is 5.91 Å². The Labute approximate surface area is 155 Å². The van der Waals surface area contributed by atoms with Crippen molar-refractivity contribution in [2.45, 2.75) is 26.2 Å². The highest BCUT2D eigenvalue weighted by molar-refractivity contribution is 5.94. The van der Waals surface area contributed by atoms with Crippen LogP contribution in [0.2, 0.25) is 0 Å². The van der Waals surface area contributed by atoms with E-state index < -0.39 is 0 Å². The van der Waals surface area contributed by atoms with Gasteiger partial charge in [0, 0.05) is 57.1 Å². The quantitative estimate of drug-likeness (QED) is 0.760. The van der Waals surface area contributed by atoms with E-state index in [1.807, 2.05) is 24.3 Å². The molecule has 2 aliphatic heterocycles. The molecule has 5 heteroatoms. The minimum atomic E-state index is 0.0897. The van der Waals surface area contributed by atoms with Crippen LogP contribution in [0.25, 0.3) is 0 Å². The molecule has 3 aliphatic rings. The van der Waals surface area contributed by atoms with Crippen molar-refractivity contribution in [3.8, 4) is 0 Å². The molecule has 0 bridgehead atoms. The monoisotopic (exact) mass is 355 g/mol. The molecule has 140 valence electrons. The van der Waals surface area contributed by atoms with Gasteiger partial charge in [-0.25, -0.2) is 0 Å². The summed E-state index contributed by atoms with van der Waals surface area (Å²) in [4.78, 5) is 31.2. The van der Waals surface area contributed by atoms with Crippen LogP contribution in [0.4, 0.5) is 5.69 Å². The molecule has 4 rings (SSSR count). The number of hydrogen-bond acceptors (Lipinski definition) is 4. The molecule has 1 aromatic rings. The van der Waals surface area contributed by atoms with E-state index in [4.69, 9.17) is 0 Å². The summed E-state index contributed by atoms with van der Waals surface area (Å²) in [6.07, 6.45) is 3.71. The van der Waals surface area contributed by atoms with Crippen LogP contribution in [0.3, 0.4) is 0 Å². The summed E-state index contributed by atoms with van der Waals surface area (Å²) in [5.74, 6) is 1.46. The van der Waals surface area contributed by atoms with Crippen molar-refractivity contribution in [1.29, 1.82) is 0 Å². The number of piperazine rings is 1. The number of carbonyl (C=O) groups is 2. The normalized spacial score (nSPS) is 24.1. The van der Waals surface area contributed by atoms with Gasteiger partial charge in [0.15, 0.2) is 5.78 Å². The second-order valence-corrected chi connectivity index (χ2v) is 8.10. The summed E-state index contributed by atoms with van der Waals surface area (Å²) >= 11 is 0. The fourth-order valence-corrected chi connectivity index (χ4v) is 4.18. The second kappa shape index (κ2) is 7.39. The molecule has 0 radical (unpaired) electrons. The Morgan fingerprint density at radius 1 is 0.962 bits per heavy atom. The van der Waals surface area contributed by atoms with Gasteiger partial charge >= 0.3 is 0 Å². The van der Waals surface area contributed by atoms with Gasteiger partial charge in [0.05, 0.1) is 5.92 Å². The maximum absolute atomic E-state index is 12.9. The van der Waals surface area contributed by atoms with E-state index in [1.165, 1.54) is 19.4 Å². The Morgan fingerprint density at radius 2 is 1.65 bits per heavy atom. The number of benzene rings is 1. The fourth-order valence-electron chi connectivity index (χ4n) is 4.18. The van der Waals surface area contributed by atoms with Crippen LogP contribution in [-0.4, -0.2) is 67.3 Å². The summed E-state index contributed by atoms with van der Waals surface area (Å²) in [6.45, 7) is 8.36. The van der Waals surface area contributed by atoms with Crippen LogP contribution in [0.1, 0.15) is 36.5 Å². The highest BCUT2D eigenvalue weighted by Gasteiger charge is 2.33. The first kappa shape index (κ1) is 17.5. The third kappa shape index (κ3) is 3.93. The number of Topliss-reactive ketones (excluding diaryl/α,β-unsaturated/α-hetero) is 1. The lowest BCUT2D eigenvalue weighted by atomic mass is 10.1. The summed E-state index contributed by atoms with van der Waals surface area (Å²) < 4.78 is 0. The smallest absolute Gasteiger partial charge is 0.227 e. The molecule has 2 saturated heterocycles. The maximum atomic E-state index is 12.9. The standard InChI is InChI=1S/C21H29N3O2/c1-16(25)18-4-6-20(7-5-18)24-9-8-19(15-24)21(26)23-12-10-22(11-13-23)14-17-2-3-17/h4-7,17,19H,2-3,8-15H2,1H3.